The van der Waals surface area contributed by atoms with E-state index in [-0.39, 0.29) is 24.3 Å². The third kappa shape index (κ3) is 3.38. The van der Waals surface area contributed by atoms with Crippen LogP contribution >= 0.6 is 0 Å². The highest BCUT2D eigenvalue weighted by Crippen LogP contribution is 2.32. The monoisotopic (exact) mass is 325 g/mol. The number of nitriles is 1. The average Bonchev–Trinajstić information content (AvgIpc) is 3.25. The van der Waals surface area contributed by atoms with E-state index in [2.05, 4.69) is 10.1 Å². The number of nitrogens with zero attached hydrogens (tertiary/aromatic N) is 5. The molecule has 0 saturated carbocycles. The second-order valence-corrected chi connectivity index (χ2v) is 5.62. The van der Waals surface area contributed by atoms with E-state index in [1.54, 1.807) is 0 Å². The Morgan fingerprint density at radius 2 is 2.21 bits per heavy atom. The summed E-state index contributed by atoms with van der Waals surface area (Å²) in [6, 6.07) is 9.86. The lowest BCUT2D eigenvalue weighted by atomic mass is 10.0. The number of carbonyl (C=O) groups is 1. The molecule has 124 valence electrons. The molecule has 1 aliphatic rings. The molecule has 2 aromatic rings. The highest BCUT2D eigenvalue weighted by molar-refractivity contribution is 5.76. The van der Waals surface area contributed by atoms with Crippen LogP contribution in [0.5, 0.6) is 5.75 Å². The third-order valence-corrected chi connectivity index (χ3v) is 4.08. The maximum atomic E-state index is 12.6. The van der Waals surface area contributed by atoms with Crippen LogP contribution in [0, 0.1) is 11.3 Å². The zero-order valence-electron chi connectivity index (χ0n) is 13.6. The zero-order chi connectivity index (χ0) is 16.9. The van der Waals surface area contributed by atoms with Gasteiger partial charge in [0.1, 0.15) is 24.7 Å². The van der Waals surface area contributed by atoms with Crippen LogP contribution in [0.4, 0.5) is 0 Å². The Labute approximate surface area is 140 Å². The molecule has 2 heterocycles. The summed E-state index contributed by atoms with van der Waals surface area (Å²) < 4.78 is 6.88. The van der Waals surface area contributed by atoms with Crippen molar-refractivity contribution in [2.75, 3.05) is 13.2 Å². The Balaban J connectivity index is 1.70. The summed E-state index contributed by atoms with van der Waals surface area (Å²) in [7, 11) is 0. The second-order valence-electron chi connectivity index (χ2n) is 5.62. The number of hydrogen-bond acceptors (Lipinski definition) is 5. The van der Waals surface area contributed by atoms with Crippen molar-refractivity contribution in [1.29, 1.82) is 5.26 Å². The lowest BCUT2D eigenvalue weighted by molar-refractivity contribution is -0.133. The Hall–Kier alpha value is -2.88. The summed E-state index contributed by atoms with van der Waals surface area (Å²) in [6.07, 6.45) is 3.34. The molecule has 0 N–H and O–H groups in total. The Kier molecular flexibility index (Phi) is 4.75. The van der Waals surface area contributed by atoms with E-state index >= 15 is 0 Å². The Morgan fingerprint density at radius 3 is 2.88 bits per heavy atom. The van der Waals surface area contributed by atoms with Gasteiger partial charge in [-0.3, -0.25) is 4.79 Å². The summed E-state index contributed by atoms with van der Waals surface area (Å²) in [4.78, 5) is 18.3. The lowest BCUT2D eigenvalue weighted by Gasteiger charge is -2.25. The fourth-order valence-electron chi connectivity index (χ4n) is 3.02. The maximum absolute atomic E-state index is 12.6. The molecule has 1 unspecified atom stereocenters. The normalized spacial score (nSPS) is 16.8. The van der Waals surface area contributed by atoms with E-state index in [1.807, 2.05) is 42.2 Å². The molecule has 7 heteroatoms. The highest BCUT2D eigenvalue weighted by Gasteiger charge is 2.30. The summed E-state index contributed by atoms with van der Waals surface area (Å²) in [5, 5.41) is 12.7. The SMILES string of the molecule is CCOc1ccc(C2CCCN2C(=O)Cn2cnc(C#N)n2)cc1. The molecular formula is C17H19N5O2. The van der Waals surface area contributed by atoms with Gasteiger partial charge in [0.15, 0.2) is 0 Å². The number of aromatic nitrogens is 3. The van der Waals surface area contributed by atoms with Crippen molar-refractivity contribution in [3.63, 3.8) is 0 Å². The van der Waals surface area contributed by atoms with Gasteiger partial charge in [-0.1, -0.05) is 12.1 Å². The molecule has 0 bridgehead atoms. The van der Waals surface area contributed by atoms with Crippen molar-refractivity contribution in [1.82, 2.24) is 19.7 Å². The van der Waals surface area contributed by atoms with Crippen LogP contribution in [0.15, 0.2) is 30.6 Å². The Bertz CT molecular complexity index is 747. The first-order chi connectivity index (χ1) is 11.7. The molecule has 1 amide bonds. The van der Waals surface area contributed by atoms with E-state index in [1.165, 1.54) is 11.0 Å². The van der Waals surface area contributed by atoms with Crippen molar-refractivity contribution in [2.45, 2.75) is 32.4 Å². The van der Waals surface area contributed by atoms with Crippen LogP contribution in [0.25, 0.3) is 0 Å². The number of amides is 1. The molecular weight excluding hydrogens is 306 g/mol. The summed E-state index contributed by atoms with van der Waals surface area (Å²) in [5.41, 5.74) is 1.11. The first kappa shape index (κ1) is 16.0. The van der Waals surface area contributed by atoms with Gasteiger partial charge >= 0.3 is 0 Å². The van der Waals surface area contributed by atoms with E-state index in [0.29, 0.717) is 6.61 Å². The average molecular weight is 325 g/mol. The van der Waals surface area contributed by atoms with Gasteiger partial charge in [-0.25, -0.2) is 9.67 Å². The number of hydrogen-bond donors (Lipinski definition) is 0. The molecule has 0 aliphatic carbocycles. The number of ether oxygens (including phenoxy) is 1. The van der Waals surface area contributed by atoms with Gasteiger partial charge in [-0.15, -0.1) is 5.10 Å². The number of benzene rings is 1. The molecule has 0 radical (unpaired) electrons. The maximum Gasteiger partial charge on any atom is 0.252 e. The zero-order valence-corrected chi connectivity index (χ0v) is 13.6. The molecule has 0 spiro atoms. The molecule has 1 saturated heterocycles. The van der Waals surface area contributed by atoms with Crippen LogP contribution in [-0.4, -0.2) is 38.7 Å². The minimum atomic E-state index is -0.0132. The lowest BCUT2D eigenvalue weighted by Crippen LogP contribution is -2.33. The number of rotatable bonds is 5. The Morgan fingerprint density at radius 1 is 1.42 bits per heavy atom. The van der Waals surface area contributed by atoms with Crippen LogP contribution in [0.1, 0.15) is 37.2 Å². The fraction of sp³-hybridized carbons (Fsp3) is 0.412. The van der Waals surface area contributed by atoms with Crippen molar-refractivity contribution in [3.8, 4) is 11.8 Å². The summed E-state index contributed by atoms with van der Waals surface area (Å²) in [5.74, 6) is 0.900. The number of carbonyl (C=O) groups excluding carboxylic acids is 1. The summed E-state index contributed by atoms with van der Waals surface area (Å²) in [6.45, 7) is 3.42. The van der Waals surface area contributed by atoms with E-state index in [9.17, 15) is 4.79 Å². The van der Waals surface area contributed by atoms with E-state index in [0.717, 1.165) is 30.7 Å². The van der Waals surface area contributed by atoms with Gasteiger partial charge in [0.05, 0.1) is 12.6 Å². The fourth-order valence-corrected chi connectivity index (χ4v) is 3.02. The smallest absolute Gasteiger partial charge is 0.252 e. The van der Waals surface area contributed by atoms with Crippen LogP contribution in [0.2, 0.25) is 0 Å². The van der Waals surface area contributed by atoms with Gasteiger partial charge in [0.2, 0.25) is 5.91 Å². The molecule has 7 nitrogen and oxygen atoms in total. The van der Waals surface area contributed by atoms with Crippen LogP contribution < -0.4 is 4.74 Å². The van der Waals surface area contributed by atoms with Crippen molar-refractivity contribution < 1.29 is 9.53 Å². The first-order valence-electron chi connectivity index (χ1n) is 8.03. The van der Waals surface area contributed by atoms with Gasteiger partial charge in [0, 0.05) is 6.54 Å². The summed E-state index contributed by atoms with van der Waals surface area (Å²) >= 11 is 0. The second kappa shape index (κ2) is 7.13. The standard InChI is InChI=1S/C17H19N5O2/c1-2-24-14-7-5-13(6-8-14)15-4-3-9-22(15)17(23)11-21-12-19-16(10-18)20-21/h5-8,12,15H,2-4,9,11H2,1H3. The predicted octanol–water partition coefficient (Wildman–Crippen LogP) is 1.91. The first-order valence-corrected chi connectivity index (χ1v) is 8.03. The topological polar surface area (TPSA) is 84.0 Å². The number of likely N-dealkylation sites (tertiary alicyclic amines) is 1. The van der Waals surface area contributed by atoms with Crippen LogP contribution in [0.3, 0.4) is 0 Å². The van der Waals surface area contributed by atoms with Gasteiger partial charge < -0.3 is 9.64 Å². The minimum absolute atomic E-state index is 0.0132. The van der Waals surface area contributed by atoms with Gasteiger partial charge in [-0.2, -0.15) is 5.26 Å². The van der Waals surface area contributed by atoms with Crippen molar-refractivity contribution >= 4 is 5.91 Å². The minimum Gasteiger partial charge on any atom is -0.494 e. The van der Waals surface area contributed by atoms with Gasteiger partial charge in [-0.05, 0) is 37.5 Å². The van der Waals surface area contributed by atoms with Gasteiger partial charge in [0.25, 0.3) is 5.82 Å². The van der Waals surface area contributed by atoms with Crippen molar-refractivity contribution in [3.05, 3.63) is 42.0 Å². The molecule has 1 aliphatic heterocycles. The largest absolute Gasteiger partial charge is 0.494 e. The molecule has 3 rings (SSSR count). The molecule has 1 aromatic carbocycles. The highest BCUT2D eigenvalue weighted by atomic mass is 16.5. The van der Waals surface area contributed by atoms with Crippen LogP contribution in [-0.2, 0) is 11.3 Å². The van der Waals surface area contributed by atoms with E-state index in [4.69, 9.17) is 10.00 Å². The molecule has 1 aromatic heterocycles. The molecule has 24 heavy (non-hydrogen) atoms. The van der Waals surface area contributed by atoms with E-state index < -0.39 is 0 Å². The molecule has 1 fully saturated rings. The van der Waals surface area contributed by atoms with Crippen molar-refractivity contribution in [2.24, 2.45) is 0 Å². The quantitative estimate of drug-likeness (QED) is 0.838. The predicted molar refractivity (Wildman–Crippen MR) is 86.0 cm³/mol. The third-order valence-electron chi connectivity index (χ3n) is 4.08. The molecule has 1 atom stereocenters.